The first-order valence-corrected chi connectivity index (χ1v) is 13.0. The topological polar surface area (TPSA) is 102 Å². The fourth-order valence-electron chi connectivity index (χ4n) is 7.12. The minimum atomic E-state index is -0.678. The van der Waals surface area contributed by atoms with Gasteiger partial charge in [-0.05, 0) is 76.0 Å². The van der Waals surface area contributed by atoms with Gasteiger partial charge in [-0.1, -0.05) is 39.5 Å². The molecule has 1 unspecified atom stereocenters. The summed E-state index contributed by atoms with van der Waals surface area (Å²) in [6, 6.07) is -1.80. The fraction of sp³-hybridized carbons (Fsp3) is 0.885. The summed E-state index contributed by atoms with van der Waals surface area (Å²) in [5, 5.41) is 3.07. The predicted octanol–water partition coefficient (Wildman–Crippen LogP) is 3.15. The summed E-state index contributed by atoms with van der Waals surface area (Å²) < 4.78 is 5.71. The second kappa shape index (κ2) is 8.86. The molecule has 6 atom stereocenters. The van der Waals surface area contributed by atoms with Gasteiger partial charge in [0.2, 0.25) is 11.8 Å². The van der Waals surface area contributed by atoms with Gasteiger partial charge in [0, 0.05) is 6.04 Å². The molecule has 4 rings (SSSR count). The molecule has 0 aromatic carbocycles. The maximum atomic E-state index is 13.9. The van der Waals surface area contributed by atoms with Crippen molar-refractivity contribution in [3.63, 3.8) is 0 Å². The van der Waals surface area contributed by atoms with Crippen LogP contribution in [-0.2, 0) is 19.1 Å². The van der Waals surface area contributed by atoms with E-state index in [1.807, 2.05) is 20.8 Å². The monoisotopic (exact) mass is 461 g/mol. The molecule has 186 valence electrons. The number of ether oxygens (including phenoxy) is 1. The third kappa shape index (κ3) is 4.54. The van der Waals surface area contributed by atoms with E-state index in [-0.39, 0.29) is 35.7 Å². The van der Waals surface area contributed by atoms with Gasteiger partial charge in [0.15, 0.2) is 0 Å². The Labute approximate surface area is 198 Å². The predicted molar refractivity (Wildman–Crippen MR) is 126 cm³/mol. The van der Waals surface area contributed by atoms with Crippen LogP contribution in [0.15, 0.2) is 0 Å². The molecule has 0 bridgehead atoms. The van der Waals surface area contributed by atoms with Crippen LogP contribution in [0.5, 0.6) is 0 Å². The fourth-order valence-corrected chi connectivity index (χ4v) is 7.12. The van der Waals surface area contributed by atoms with Crippen LogP contribution in [0.4, 0.5) is 0 Å². The van der Waals surface area contributed by atoms with Crippen molar-refractivity contribution in [2.75, 3.05) is 0 Å². The Bertz CT molecular complexity index is 783. The highest BCUT2D eigenvalue weighted by atomic mass is 16.6. The normalized spacial score (nSPS) is 35.0. The molecule has 2 saturated heterocycles. The number of nitrogens with two attached hydrogens (primary N) is 1. The average Bonchev–Trinajstić information content (AvgIpc) is 3.14. The molecule has 0 aromatic rings. The van der Waals surface area contributed by atoms with E-state index in [0.29, 0.717) is 12.3 Å². The second-order valence-corrected chi connectivity index (χ2v) is 12.5. The number of rotatable bonds is 4. The van der Waals surface area contributed by atoms with E-state index in [1.165, 1.54) is 6.42 Å². The van der Waals surface area contributed by atoms with E-state index in [2.05, 4.69) is 19.2 Å². The number of amides is 2. The molecule has 2 amide bonds. The van der Waals surface area contributed by atoms with Gasteiger partial charge in [-0.25, -0.2) is 4.79 Å². The Morgan fingerprint density at radius 2 is 1.76 bits per heavy atom. The van der Waals surface area contributed by atoms with Gasteiger partial charge in [0.1, 0.15) is 17.7 Å². The number of nitrogens with one attached hydrogen (secondary N) is 1. The van der Waals surface area contributed by atoms with Crippen molar-refractivity contribution >= 4 is 17.8 Å². The lowest BCUT2D eigenvalue weighted by atomic mass is 9.60. The minimum Gasteiger partial charge on any atom is -0.458 e. The van der Waals surface area contributed by atoms with Crippen LogP contribution < -0.4 is 11.1 Å². The molecule has 2 aliphatic carbocycles. The van der Waals surface area contributed by atoms with Crippen LogP contribution in [-0.4, -0.2) is 52.5 Å². The van der Waals surface area contributed by atoms with Crippen molar-refractivity contribution in [3.8, 4) is 0 Å². The first-order chi connectivity index (χ1) is 15.4. The maximum absolute atomic E-state index is 13.9. The second-order valence-electron chi connectivity index (χ2n) is 12.5. The van der Waals surface area contributed by atoms with Gasteiger partial charge in [-0.2, -0.15) is 0 Å². The zero-order chi connectivity index (χ0) is 24.1. The summed E-state index contributed by atoms with van der Waals surface area (Å²) in [6.45, 7) is 9.77. The van der Waals surface area contributed by atoms with Crippen LogP contribution in [0, 0.1) is 23.2 Å². The maximum Gasteiger partial charge on any atom is 0.329 e. The summed E-state index contributed by atoms with van der Waals surface area (Å²) in [5.74, 6) is 0.0161. The van der Waals surface area contributed by atoms with Crippen molar-refractivity contribution < 1.29 is 19.1 Å². The number of piperidine rings is 1. The van der Waals surface area contributed by atoms with Crippen molar-refractivity contribution in [1.82, 2.24) is 10.2 Å². The van der Waals surface area contributed by atoms with Crippen LogP contribution >= 0.6 is 0 Å². The molecule has 0 aromatic heterocycles. The third-order valence-corrected chi connectivity index (χ3v) is 8.80. The van der Waals surface area contributed by atoms with Crippen molar-refractivity contribution in [2.24, 2.45) is 28.9 Å². The lowest BCUT2D eigenvalue weighted by molar-refractivity contribution is -0.171. The van der Waals surface area contributed by atoms with Gasteiger partial charge in [-0.3, -0.25) is 9.59 Å². The summed E-state index contributed by atoms with van der Waals surface area (Å²) in [6.07, 6.45) is 9.12. The molecule has 2 aliphatic heterocycles. The smallest absolute Gasteiger partial charge is 0.329 e. The van der Waals surface area contributed by atoms with E-state index in [4.69, 9.17) is 10.5 Å². The molecule has 0 radical (unpaired) electrons. The van der Waals surface area contributed by atoms with Crippen LogP contribution in [0.2, 0.25) is 0 Å². The highest BCUT2D eigenvalue weighted by Crippen LogP contribution is 2.54. The van der Waals surface area contributed by atoms with E-state index in [0.717, 1.165) is 44.9 Å². The zero-order valence-electron chi connectivity index (χ0n) is 21.1. The highest BCUT2D eigenvalue weighted by Gasteiger charge is 2.62. The number of carbonyl (C=O) groups excluding carboxylic acids is 3. The first kappa shape index (κ1) is 24.5. The van der Waals surface area contributed by atoms with Crippen LogP contribution in [0.25, 0.3) is 0 Å². The molecular formula is C26H43N3O4. The average molecular weight is 462 g/mol. The number of esters is 1. The van der Waals surface area contributed by atoms with Gasteiger partial charge >= 0.3 is 5.97 Å². The number of hydrogen-bond donors (Lipinski definition) is 2. The molecule has 2 heterocycles. The lowest BCUT2D eigenvalue weighted by Crippen LogP contribution is -2.70. The first-order valence-electron chi connectivity index (χ1n) is 13.0. The Balaban J connectivity index is 1.58. The van der Waals surface area contributed by atoms with Crippen LogP contribution in [0.3, 0.4) is 0 Å². The van der Waals surface area contributed by atoms with Gasteiger partial charge in [0.05, 0.1) is 6.04 Å². The van der Waals surface area contributed by atoms with E-state index in [1.54, 1.807) is 4.90 Å². The molecular weight excluding hydrogens is 418 g/mol. The van der Waals surface area contributed by atoms with Crippen LogP contribution in [0.1, 0.15) is 92.4 Å². The molecule has 3 N–H and O–H groups in total. The Morgan fingerprint density at radius 3 is 2.39 bits per heavy atom. The molecule has 7 heteroatoms. The number of carbonyl (C=O) groups is 3. The minimum absolute atomic E-state index is 0.0407. The molecule has 0 spiro atoms. The van der Waals surface area contributed by atoms with E-state index < -0.39 is 29.1 Å². The van der Waals surface area contributed by atoms with Crippen molar-refractivity contribution in [3.05, 3.63) is 0 Å². The number of nitrogens with zero attached hydrogens (tertiary/aromatic N) is 1. The Hall–Kier alpha value is -1.63. The molecule has 4 fully saturated rings. The zero-order valence-corrected chi connectivity index (χ0v) is 21.1. The summed E-state index contributed by atoms with van der Waals surface area (Å²) in [7, 11) is 0. The standard InChI is InChI=1S/C26H43N3O4/c1-25(2,3)33-24(32)18-14-16-12-9-13-17-20(16)29(18)23(31)21(26(17,4)5)28-22(30)19(27)15-10-7-6-8-11-15/h15-21H,6-14,27H2,1-5H3,(H,28,30)/t16-,17?,18-,19-,20+,21+/m0/s1. The van der Waals surface area contributed by atoms with Gasteiger partial charge in [0.25, 0.3) is 0 Å². The SMILES string of the molecule is CC(C)(C)OC(=O)[C@@H]1C[C@@H]2CCCC3[C@@H]2N1C(=O)[C@@H](NC(=O)[C@@H](N)C1CCCCC1)C3(C)C. The lowest BCUT2D eigenvalue weighted by Gasteiger charge is -2.55. The van der Waals surface area contributed by atoms with Gasteiger partial charge < -0.3 is 20.7 Å². The van der Waals surface area contributed by atoms with Crippen molar-refractivity contribution in [2.45, 2.75) is 122 Å². The molecule has 7 nitrogen and oxygen atoms in total. The summed E-state index contributed by atoms with van der Waals surface area (Å²) in [4.78, 5) is 42.1. The van der Waals surface area contributed by atoms with E-state index in [9.17, 15) is 14.4 Å². The van der Waals surface area contributed by atoms with E-state index >= 15 is 0 Å². The van der Waals surface area contributed by atoms with Crippen molar-refractivity contribution in [1.29, 1.82) is 0 Å². The summed E-state index contributed by atoms with van der Waals surface area (Å²) in [5.41, 5.74) is 5.37. The molecule has 4 aliphatic rings. The summed E-state index contributed by atoms with van der Waals surface area (Å²) >= 11 is 0. The van der Waals surface area contributed by atoms with Gasteiger partial charge in [-0.15, -0.1) is 0 Å². The highest BCUT2D eigenvalue weighted by molar-refractivity contribution is 5.94. The Kier molecular flexibility index (Phi) is 6.58. The largest absolute Gasteiger partial charge is 0.458 e. The Morgan fingerprint density at radius 1 is 1.09 bits per heavy atom. The molecule has 33 heavy (non-hydrogen) atoms. The quantitative estimate of drug-likeness (QED) is 0.626. The third-order valence-electron chi connectivity index (χ3n) is 8.80. The molecule has 2 saturated carbocycles. The number of hydrogen-bond acceptors (Lipinski definition) is 5.